The fourth-order valence-corrected chi connectivity index (χ4v) is 3.92. The fourth-order valence-electron chi connectivity index (χ4n) is 3.92. The van der Waals surface area contributed by atoms with Gasteiger partial charge in [0.15, 0.2) is 0 Å². The van der Waals surface area contributed by atoms with Crippen molar-refractivity contribution >= 4 is 11.9 Å². The van der Waals surface area contributed by atoms with E-state index in [0.717, 1.165) is 51.4 Å². The van der Waals surface area contributed by atoms with Gasteiger partial charge < -0.3 is 19.1 Å². The number of fused-ring (bicyclic) bond motifs is 2. The molecule has 114 valence electrons. The van der Waals surface area contributed by atoms with Crippen LogP contribution in [0, 0.1) is 5.92 Å². The number of piperazine rings is 1. The summed E-state index contributed by atoms with van der Waals surface area (Å²) in [6.45, 7) is 3.30. The number of ether oxygens (including phenoxy) is 1. The fraction of sp³-hybridized carbons (Fsp3) is 0.733. The smallest absolute Gasteiger partial charge is 0.228 e. The molecule has 21 heavy (non-hydrogen) atoms. The average molecular weight is 290 g/mol. The van der Waals surface area contributed by atoms with Crippen molar-refractivity contribution in [3.63, 3.8) is 0 Å². The highest BCUT2D eigenvalue weighted by Gasteiger charge is 2.46. The number of aromatic nitrogens is 2. The van der Waals surface area contributed by atoms with Gasteiger partial charge in [-0.3, -0.25) is 4.79 Å². The molecule has 0 saturated carbocycles. The van der Waals surface area contributed by atoms with Gasteiger partial charge in [-0.1, -0.05) is 0 Å². The van der Waals surface area contributed by atoms with Crippen molar-refractivity contribution in [2.75, 3.05) is 31.1 Å². The van der Waals surface area contributed by atoms with Crippen LogP contribution in [0.5, 0.6) is 0 Å². The molecule has 1 aromatic rings. The molecule has 1 aromatic heterocycles. The SMILES string of the molecule is Cn1ccnc1N1CCN(C(=O)[C@H]2C[C@H]3CC[C@H]2O3)CC1. The summed E-state index contributed by atoms with van der Waals surface area (Å²) in [5.41, 5.74) is 0. The first-order valence-electron chi connectivity index (χ1n) is 7.89. The van der Waals surface area contributed by atoms with Gasteiger partial charge in [0.1, 0.15) is 0 Å². The lowest BCUT2D eigenvalue weighted by Gasteiger charge is -2.37. The van der Waals surface area contributed by atoms with E-state index in [9.17, 15) is 4.79 Å². The maximum absolute atomic E-state index is 12.7. The maximum atomic E-state index is 12.7. The molecule has 6 nitrogen and oxygen atoms in total. The van der Waals surface area contributed by atoms with Gasteiger partial charge in [0.25, 0.3) is 0 Å². The zero-order valence-electron chi connectivity index (χ0n) is 12.4. The Labute approximate surface area is 124 Å². The van der Waals surface area contributed by atoms with Gasteiger partial charge in [0.05, 0.1) is 18.1 Å². The summed E-state index contributed by atoms with van der Waals surface area (Å²) >= 11 is 0. The summed E-state index contributed by atoms with van der Waals surface area (Å²) in [6.07, 6.45) is 7.45. The zero-order chi connectivity index (χ0) is 14.4. The topological polar surface area (TPSA) is 50.6 Å². The Morgan fingerprint density at radius 2 is 2.10 bits per heavy atom. The molecule has 0 aromatic carbocycles. The van der Waals surface area contributed by atoms with Crippen LogP contribution in [0.3, 0.4) is 0 Å². The van der Waals surface area contributed by atoms with Crippen LogP contribution in [-0.4, -0.2) is 58.7 Å². The van der Waals surface area contributed by atoms with E-state index in [4.69, 9.17) is 4.74 Å². The van der Waals surface area contributed by atoms with E-state index in [1.807, 2.05) is 28.9 Å². The summed E-state index contributed by atoms with van der Waals surface area (Å²) in [7, 11) is 2.01. The van der Waals surface area contributed by atoms with Crippen molar-refractivity contribution in [2.45, 2.75) is 31.5 Å². The summed E-state index contributed by atoms with van der Waals surface area (Å²) in [5.74, 6) is 1.41. The number of rotatable bonds is 2. The van der Waals surface area contributed by atoms with E-state index in [0.29, 0.717) is 12.0 Å². The van der Waals surface area contributed by atoms with Crippen molar-refractivity contribution in [3.05, 3.63) is 12.4 Å². The van der Waals surface area contributed by atoms with Gasteiger partial charge in [-0.15, -0.1) is 0 Å². The molecule has 3 saturated heterocycles. The van der Waals surface area contributed by atoms with Crippen LogP contribution in [0.25, 0.3) is 0 Å². The maximum Gasteiger partial charge on any atom is 0.228 e. The lowest BCUT2D eigenvalue weighted by Crippen LogP contribution is -2.52. The number of aryl methyl sites for hydroxylation is 1. The second-order valence-electron chi connectivity index (χ2n) is 6.37. The molecule has 2 bridgehead atoms. The second kappa shape index (κ2) is 5.02. The Balaban J connectivity index is 1.37. The number of carbonyl (C=O) groups excluding carboxylic acids is 1. The molecule has 3 fully saturated rings. The highest BCUT2D eigenvalue weighted by Crippen LogP contribution is 2.39. The van der Waals surface area contributed by atoms with Gasteiger partial charge in [0, 0.05) is 45.6 Å². The first-order chi connectivity index (χ1) is 10.2. The Bertz CT molecular complexity index is 536. The predicted molar refractivity (Wildman–Crippen MR) is 78.0 cm³/mol. The molecule has 0 spiro atoms. The molecule has 1 amide bonds. The van der Waals surface area contributed by atoms with Crippen LogP contribution >= 0.6 is 0 Å². The molecular weight excluding hydrogens is 268 g/mol. The Morgan fingerprint density at radius 3 is 2.67 bits per heavy atom. The first kappa shape index (κ1) is 13.1. The van der Waals surface area contributed by atoms with Gasteiger partial charge in [0.2, 0.25) is 11.9 Å². The second-order valence-corrected chi connectivity index (χ2v) is 6.37. The minimum atomic E-state index is 0.114. The van der Waals surface area contributed by atoms with E-state index in [2.05, 4.69) is 9.88 Å². The van der Waals surface area contributed by atoms with Crippen molar-refractivity contribution < 1.29 is 9.53 Å². The summed E-state index contributed by atoms with van der Waals surface area (Å²) in [4.78, 5) is 21.3. The summed E-state index contributed by atoms with van der Waals surface area (Å²) < 4.78 is 7.85. The van der Waals surface area contributed by atoms with Crippen LogP contribution in [-0.2, 0) is 16.6 Å². The third-order valence-corrected chi connectivity index (χ3v) is 5.09. The van der Waals surface area contributed by atoms with E-state index >= 15 is 0 Å². The van der Waals surface area contributed by atoms with Crippen LogP contribution in [0.1, 0.15) is 19.3 Å². The predicted octanol–water partition coefficient (Wildman–Crippen LogP) is 0.636. The van der Waals surface area contributed by atoms with Crippen LogP contribution in [0.2, 0.25) is 0 Å². The van der Waals surface area contributed by atoms with Crippen molar-refractivity contribution in [1.29, 1.82) is 0 Å². The molecule has 3 aliphatic heterocycles. The summed E-state index contributed by atoms with van der Waals surface area (Å²) in [5, 5.41) is 0. The third-order valence-electron chi connectivity index (χ3n) is 5.09. The largest absolute Gasteiger partial charge is 0.374 e. The first-order valence-corrected chi connectivity index (χ1v) is 7.89. The number of nitrogens with zero attached hydrogens (tertiary/aromatic N) is 4. The molecule has 0 unspecified atom stereocenters. The van der Waals surface area contributed by atoms with Crippen LogP contribution in [0.4, 0.5) is 5.95 Å². The normalized spacial score (nSPS) is 32.0. The molecule has 0 aliphatic carbocycles. The quantitative estimate of drug-likeness (QED) is 0.802. The van der Waals surface area contributed by atoms with Gasteiger partial charge >= 0.3 is 0 Å². The molecule has 0 N–H and O–H groups in total. The van der Waals surface area contributed by atoms with Crippen molar-refractivity contribution in [2.24, 2.45) is 13.0 Å². The number of hydrogen-bond acceptors (Lipinski definition) is 4. The number of imidazole rings is 1. The Hall–Kier alpha value is -1.56. The number of hydrogen-bond donors (Lipinski definition) is 0. The summed E-state index contributed by atoms with van der Waals surface area (Å²) in [6, 6.07) is 0. The van der Waals surface area contributed by atoms with E-state index in [1.54, 1.807) is 0 Å². The molecule has 3 aliphatic rings. The lowest BCUT2D eigenvalue weighted by molar-refractivity contribution is -0.137. The zero-order valence-corrected chi connectivity index (χ0v) is 12.4. The van der Waals surface area contributed by atoms with Crippen molar-refractivity contribution in [3.8, 4) is 0 Å². The Morgan fingerprint density at radius 1 is 1.29 bits per heavy atom. The van der Waals surface area contributed by atoms with Crippen molar-refractivity contribution in [1.82, 2.24) is 14.5 Å². The molecule has 3 atom stereocenters. The molecule has 6 heteroatoms. The van der Waals surface area contributed by atoms with Crippen LogP contribution in [0.15, 0.2) is 12.4 Å². The molecule has 4 heterocycles. The highest BCUT2D eigenvalue weighted by atomic mass is 16.5. The van der Waals surface area contributed by atoms with Gasteiger partial charge in [-0.25, -0.2) is 4.98 Å². The number of amides is 1. The van der Waals surface area contributed by atoms with E-state index in [1.165, 1.54) is 0 Å². The molecular formula is C15H22N4O2. The minimum absolute atomic E-state index is 0.114. The molecule has 4 rings (SSSR count). The van der Waals surface area contributed by atoms with E-state index < -0.39 is 0 Å². The average Bonchev–Trinajstić information content (AvgIpc) is 3.23. The number of carbonyl (C=O) groups is 1. The molecule has 0 radical (unpaired) electrons. The standard InChI is InChI=1S/C15H22N4O2/c1-17-5-4-16-15(17)19-8-6-18(7-9-19)14(20)12-10-11-2-3-13(12)21-11/h4-5,11-13H,2-3,6-10H2,1H3/t11-,12+,13-/m1/s1. The third kappa shape index (κ3) is 2.21. The van der Waals surface area contributed by atoms with Gasteiger partial charge in [-0.2, -0.15) is 0 Å². The highest BCUT2D eigenvalue weighted by molar-refractivity contribution is 5.80. The Kier molecular flexibility index (Phi) is 3.14. The van der Waals surface area contributed by atoms with E-state index in [-0.39, 0.29) is 12.0 Å². The monoisotopic (exact) mass is 290 g/mol. The number of anilines is 1. The van der Waals surface area contributed by atoms with Crippen LogP contribution < -0.4 is 4.90 Å². The van der Waals surface area contributed by atoms with Gasteiger partial charge in [-0.05, 0) is 19.3 Å². The lowest BCUT2D eigenvalue weighted by atomic mass is 9.88. The minimum Gasteiger partial charge on any atom is -0.374 e.